The monoisotopic (exact) mass is 642 g/mol. The van der Waals surface area contributed by atoms with Crippen molar-refractivity contribution in [3.63, 3.8) is 0 Å². The molecule has 6 saturated heterocycles. The Kier molecular flexibility index (Phi) is 4.70. The average molecular weight is 643 g/mol. The van der Waals surface area contributed by atoms with Crippen LogP contribution in [-0.2, 0) is 20.3 Å². The van der Waals surface area contributed by atoms with Gasteiger partial charge < -0.3 is 24.4 Å². The van der Waals surface area contributed by atoms with E-state index in [-0.39, 0.29) is 33.2 Å². The van der Waals surface area contributed by atoms with Gasteiger partial charge in [0.2, 0.25) is 0 Å². The number of allylic oxidation sites excluding steroid dienone is 2. The van der Waals surface area contributed by atoms with Crippen molar-refractivity contribution in [2.45, 2.75) is 86.5 Å². The predicted molar refractivity (Wildman–Crippen MR) is 183 cm³/mol. The van der Waals surface area contributed by atoms with Crippen molar-refractivity contribution in [3.05, 3.63) is 76.6 Å². The van der Waals surface area contributed by atoms with Crippen LogP contribution >= 0.6 is 0 Å². The van der Waals surface area contributed by atoms with Gasteiger partial charge in [-0.1, -0.05) is 36.4 Å². The Morgan fingerprint density at radius 1 is 0.812 bits per heavy atom. The number of para-hydroxylation sites is 2. The van der Waals surface area contributed by atoms with Gasteiger partial charge in [-0.25, -0.2) is 0 Å². The molecule has 2 aromatic carbocycles. The lowest BCUT2D eigenvalue weighted by atomic mass is 9.48. The van der Waals surface area contributed by atoms with Gasteiger partial charge >= 0.3 is 0 Å². The lowest BCUT2D eigenvalue weighted by Crippen LogP contribution is -2.72. The van der Waals surface area contributed by atoms with E-state index in [9.17, 15) is 0 Å². The summed E-state index contributed by atoms with van der Waals surface area (Å²) < 4.78 is 20.3. The van der Waals surface area contributed by atoms with Gasteiger partial charge in [0.05, 0.1) is 35.8 Å². The Hall–Kier alpha value is -2.84. The number of nitrogens with one attached hydrogen (secondary N) is 1. The van der Waals surface area contributed by atoms with Crippen molar-refractivity contribution in [3.8, 4) is 5.75 Å². The molecule has 5 spiro atoms. The number of rotatable bonds is 1. The topological polar surface area (TPSA) is 49.4 Å². The third-order valence-electron chi connectivity index (χ3n) is 16.4. The van der Waals surface area contributed by atoms with E-state index in [2.05, 4.69) is 68.6 Å². The van der Waals surface area contributed by atoms with Crippen LogP contribution in [0.4, 0.5) is 11.4 Å². The highest BCUT2D eigenvalue weighted by Gasteiger charge is 2.76. The van der Waals surface area contributed by atoms with Gasteiger partial charge in [-0.15, -0.1) is 0 Å². The van der Waals surface area contributed by atoms with E-state index in [4.69, 9.17) is 14.2 Å². The fourth-order valence-corrected chi connectivity index (χ4v) is 15.6. The van der Waals surface area contributed by atoms with Crippen LogP contribution in [0.25, 0.3) is 0 Å². The zero-order valence-corrected chi connectivity index (χ0v) is 28.1. The van der Waals surface area contributed by atoms with Gasteiger partial charge in [0, 0.05) is 78.3 Å². The summed E-state index contributed by atoms with van der Waals surface area (Å²) in [5, 5.41) is 3.93. The second-order valence-corrected chi connectivity index (χ2v) is 17.7. The van der Waals surface area contributed by atoms with E-state index in [1.54, 1.807) is 16.8 Å². The minimum atomic E-state index is 0.0311. The van der Waals surface area contributed by atoms with E-state index in [1.807, 2.05) is 7.11 Å². The summed E-state index contributed by atoms with van der Waals surface area (Å²) >= 11 is 0. The number of ether oxygens (including phenoxy) is 3. The molecule has 9 aliphatic heterocycles. The molecule has 48 heavy (non-hydrogen) atoms. The maximum atomic E-state index is 7.26. The van der Waals surface area contributed by atoms with Crippen LogP contribution in [-0.4, -0.2) is 87.1 Å². The smallest absolute Gasteiger partial charge is 0.142 e. The Morgan fingerprint density at radius 2 is 1.65 bits per heavy atom. The molecule has 9 heterocycles. The van der Waals surface area contributed by atoms with E-state index in [1.165, 1.54) is 87.2 Å². The van der Waals surface area contributed by atoms with Crippen LogP contribution in [0.1, 0.15) is 62.5 Å². The molecule has 248 valence electrons. The Labute approximate surface area is 283 Å². The number of benzene rings is 2. The molecule has 6 fully saturated rings. The van der Waals surface area contributed by atoms with Gasteiger partial charge in [0.15, 0.2) is 0 Å². The van der Waals surface area contributed by atoms with Crippen LogP contribution in [0, 0.1) is 16.2 Å². The maximum absolute atomic E-state index is 7.26. The second-order valence-electron chi connectivity index (χ2n) is 17.7. The summed E-state index contributed by atoms with van der Waals surface area (Å²) in [6, 6.07) is 17.2. The molecule has 0 bridgehead atoms. The molecule has 7 nitrogen and oxygen atoms in total. The third-order valence-corrected chi connectivity index (χ3v) is 16.4. The number of methoxy groups -OCH3 is 1. The Morgan fingerprint density at radius 3 is 2.60 bits per heavy atom. The third kappa shape index (κ3) is 2.62. The summed E-state index contributed by atoms with van der Waals surface area (Å²) in [5.74, 6) is 1.05. The summed E-state index contributed by atoms with van der Waals surface area (Å²) in [6.45, 7) is 7.50. The SMILES string of the molecule is COc1cccc2c1N1C[C@]3(CC4=C1[C@]21CCN2CC[C@@H]5OCC[C@]5(C4)[C@H]21)CN1CC[C@]24C(=CC[C@@]5(CCO[C@@H]35)[C@H]12)Nc1ccccc14. The van der Waals surface area contributed by atoms with Crippen LogP contribution in [0.2, 0.25) is 0 Å². The van der Waals surface area contributed by atoms with Crippen molar-refractivity contribution in [1.29, 1.82) is 0 Å². The average Bonchev–Trinajstić information content (AvgIpc) is 3.95. The fraction of sp³-hybridized carbons (Fsp3) is 0.610. The molecule has 2 aromatic rings. The number of piperidine rings is 2. The van der Waals surface area contributed by atoms with Gasteiger partial charge in [-0.2, -0.15) is 0 Å². The van der Waals surface area contributed by atoms with E-state index in [0.29, 0.717) is 18.2 Å². The molecule has 11 aliphatic rings. The molecule has 0 unspecified atom stereocenters. The first kappa shape index (κ1) is 27.0. The van der Waals surface area contributed by atoms with E-state index in [0.717, 1.165) is 38.5 Å². The molecule has 0 amide bonds. The zero-order chi connectivity index (χ0) is 31.3. The normalized spacial score (nSPS) is 46.7. The first-order valence-corrected chi connectivity index (χ1v) is 19.0. The van der Waals surface area contributed by atoms with Gasteiger partial charge in [-0.3, -0.25) is 9.80 Å². The highest BCUT2D eigenvalue weighted by Crippen LogP contribution is 2.74. The van der Waals surface area contributed by atoms with Gasteiger partial charge in [0.1, 0.15) is 5.75 Å². The number of fused-ring (bicyclic) bond motifs is 4. The van der Waals surface area contributed by atoms with Gasteiger partial charge in [-0.05, 0) is 93.3 Å². The number of hydrogen-bond donors (Lipinski definition) is 1. The molecule has 13 rings (SSSR count). The summed E-state index contributed by atoms with van der Waals surface area (Å²) in [7, 11) is 1.89. The number of nitrogens with zero attached hydrogens (tertiary/aromatic N) is 3. The summed E-state index contributed by atoms with van der Waals surface area (Å²) in [5.41, 5.74) is 11.1. The van der Waals surface area contributed by atoms with Crippen molar-refractivity contribution < 1.29 is 14.2 Å². The first-order valence-electron chi connectivity index (χ1n) is 19.0. The maximum Gasteiger partial charge on any atom is 0.142 e. The van der Waals surface area contributed by atoms with Crippen molar-refractivity contribution in [2.24, 2.45) is 16.2 Å². The van der Waals surface area contributed by atoms with Gasteiger partial charge in [0.25, 0.3) is 0 Å². The standard InChI is InChI=1S/C41H46N4O3/c1-46-29-8-4-6-27-32(29)45-24-37(21-25-22-39-15-19-47-31(39)10-16-43-17-13-41(27,33(25)45)35(39)43)23-44-18-12-40-26-5-2-3-7-28(26)42-30(40)9-11-38(34(40)44)14-20-48-36(37)38/h2-9,31,34-36,42H,10-24H2,1H3/t31-,34-,35-,36-,37-,38+,39+,40-,41-/m0/s1. The fourth-order valence-electron chi connectivity index (χ4n) is 15.6. The molecular formula is C41H46N4O3. The van der Waals surface area contributed by atoms with Crippen molar-refractivity contribution in [1.82, 2.24) is 9.80 Å². The van der Waals surface area contributed by atoms with E-state index >= 15 is 0 Å². The Balaban J connectivity index is 1.02. The Bertz CT molecular complexity index is 1910. The van der Waals surface area contributed by atoms with Crippen molar-refractivity contribution >= 4 is 11.4 Å². The quantitative estimate of drug-likeness (QED) is 0.437. The molecular weight excluding hydrogens is 596 g/mol. The van der Waals surface area contributed by atoms with Crippen LogP contribution in [0.5, 0.6) is 5.75 Å². The van der Waals surface area contributed by atoms with E-state index < -0.39 is 0 Å². The minimum Gasteiger partial charge on any atom is -0.495 e. The zero-order valence-electron chi connectivity index (χ0n) is 28.1. The summed E-state index contributed by atoms with van der Waals surface area (Å²) in [6.07, 6.45) is 12.7. The molecule has 0 aromatic heterocycles. The number of anilines is 2. The largest absolute Gasteiger partial charge is 0.495 e. The summed E-state index contributed by atoms with van der Waals surface area (Å²) in [4.78, 5) is 8.74. The lowest BCUT2D eigenvalue weighted by Gasteiger charge is -2.65. The highest BCUT2D eigenvalue weighted by atomic mass is 16.5. The molecule has 2 aliphatic carbocycles. The molecule has 9 atom stereocenters. The molecule has 0 saturated carbocycles. The predicted octanol–water partition coefficient (Wildman–Crippen LogP) is 5.57. The number of hydrogen-bond acceptors (Lipinski definition) is 7. The van der Waals surface area contributed by atoms with Crippen LogP contribution < -0.4 is 15.0 Å². The molecule has 0 radical (unpaired) electrons. The minimum absolute atomic E-state index is 0.0311. The molecule has 1 N–H and O–H groups in total. The molecule has 7 heteroatoms. The van der Waals surface area contributed by atoms with Crippen molar-refractivity contribution in [2.75, 3.05) is 63.3 Å². The lowest BCUT2D eigenvalue weighted by molar-refractivity contribution is -0.145. The first-order chi connectivity index (χ1) is 23.6. The van der Waals surface area contributed by atoms with Crippen LogP contribution in [0.3, 0.4) is 0 Å². The second kappa shape index (κ2) is 8.37. The highest BCUT2D eigenvalue weighted by molar-refractivity contribution is 5.80. The van der Waals surface area contributed by atoms with Crippen LogP contribution in [0.15, 0.2) is 65.5 Å².